The molecule has 2 N–H and O–H groups in total. The average Bonchev–Trinajstić information content (AvgIpc) is 2.63. The molecule has 1 heterocycles. The van der Waals surface area contributed by atoms with Gasteiger partial charge < -0.3 is 4.42 Å². The van der Waals surface area contributed by atoms with E-state index in [9.17, 15) is 13.2 Å². The molecule has 0 fully saturated rings. The SMILES string of the molecule is NS(=O)(=O)c1ccccc1.O=c1c2ccccc2oc2ccccc12. The van der Waals surface area contributed by atoms with Gasteiger partial charge in [0, 0.05) is 0 Å². The number of benzene rings is 3. The molecule has 0 amide bonds. The summed E-state index contributed by atoms with van der Waals surface area (Å²) in [5.74, 6) is 0. The molecule has 0 bridgehead atoms. The van der Waals surface area contributed by atoms with Crippen molar-refractivity contribution in [3.8, 4) is 0 Å². The van der Waals surface area contributed by atoms with Crippen molar-refractivity contribution >= 4 is 32.0 Å². The van der Waals surface area contributed by atoms with Crippen LogP contribution < -0.4 is 10.6 Å². The highest BCUT2D eigenvalue weighted by molar-refractivity contribution is 7.89. The Kier molecular flexibility index (Phi) is 4.65. The third-order valence-corrected chi connectivity index (χ3v) is 4.48. The van der Waals surface area contributed by atoms with Crippen LogP contribution in [0.4, 0.5) is 0 Å². The second-order valence-electron chi connectivity index (χ2n) is 5.28. The van der Waals surface area contributed by atoms with Gasteiger partial charge in [-0.1, -0.05) is 42.5 Å². The maximum Gasteiger partial charge on any atom is 0.238 e. The summed E-state index contributed by atoms with van der Waals surface area (Å²) in [6.07, 6.45) is 0. The van der Waals surface area contributed by atoms with Crippen LogP contribution in [-0.4, -0.2) is 8.42 Å². The highest BCUT2D eigenvalue weighted by Crippen LogP contribution is 2.17. The van der Waals surface area contributed by atoms with Crippen LogP contribution >= 0.6 is 0 Å². The van der Waals surface area contributed by atoms with Gasteiger partial charge in [-0.15, -0.1) is 0 Å². The molecular formula is C19H15NO4S. The van der Waals surface area contributed by atoms with E-state index >= 15 is 0 Å². The van der Waals surface area contributed by atoms with Crippen molar-refractivity contribution in [3.05, 3.63) is 89.1 Å². The molecule has 0 radical (unpaired) electrons. The highest BCUT2D eigenvalue weighted by Gasteiger charge is 2.05. The summed E-state index contributed by atoms with van der Waals surface area (Å²) in [5, 5.41) is 6.10. The lowest BCUT2D eigenvalue weighted by Gasteiger charge is -1.99. The van der Waals surface area contributed by atoms with Crippen LogP contribution in [0.25, 0.3) is 21.9 Å². The smallest absolute Gasteiger partial charge is 0.238 e. The lowest BCUT2D eigenvalue weighted by molar-refractivity contribution is 0.598. The molecule has 6 heteroatoms. The van der Waals surface area contributed by atoms with E-state index in [2.05, 4.69) is 0 Å². The van der Waals surface area contributed by atoms with Gasteiger partial charge in [0.05, 0.1) is 15.7 Å². The molecule has 25 heavy (non-hydrogen) atoms. The summed E-state index contributed by atoms with van der Waals surface area (Å²) in [4.78, 5) is 12.2. The number of sulfonamides is 1. The lowest BCUT2D eigenvalue weighted by Crippen LogP contribution is -2.11. The van der Waals surface area contributed by atoms with Crippen molar-refractivity contribution in [1.82, 2.24) is 0 Å². The predicted molar refractivity (Wildman–Crippen MR) is 97.8 cm³/mol. The van der Waals surface area contributed by atoms with Crippen molar-refractivity contribution in [3.63, 3.8) is 0 Å². The maximum absolute atomic E-state index is 12.0. The van der Waals surface area contributed by atoms with Crippen LogP contribution in [0.15, 0.2) is 93.0 Å². The van der Waals surface area contributed by atoms with Gasteiger partial charge >= 0.3 is 0 Å². The Bertz CT molecular complexity index is 1130. The topological polar surface area (TPSA) is 90.4 Å². The Hall–Kier alpha value is -2.96. The van der Waals surface area contributed by atoms with Crippen LogP contribution in [0, 0.1) is 0 Å². The molecule has 0 aliphatic rings. The Labute approximate surface area is 144 Å². The van der Waals surface area contributed by atoms with Crippen LogP contribution in [0.3, 0.4) is 0 Å². The molecule has 0 atom stereocenters. The molecule has 1 aromatic heterocycles. The van der Waals surface area contributed by atoms with Gasteiger partial charge in [-0.3, -0.25) is 4.79 Å². The molecule has 0 aliphatic heterocycles. The van der Waals surface area contributed by atoms with Crippen molar-refractivity contribution < 1.29 is 12.8 Å². The molecule has 5 nitrogen and oxygen atoms in total. The molecule has 0 unspecified atom stereocenters. The van der Waals surface area contributed by atoms with Gasteiger partial charge in [0.25, 0.3) is 0 Å². The number of fused-ring (bicyclic) bond motifs is 2. The molecule has 0 saturated heterocycles. The largest absolute Gasteiger partial charge is 0.456 e. The number of primary sulfonamides is 1. The van der Waals surface area contributed by atoms with Gasteiger partial charge in [-0.05, 0) is 36.4 Å². The van der Waals surface area contributed by atoms with E-state index in [0.717, 1.165) is 0 Å². The van der Waals surface area contributed by atoms with E-state index in [1.807, 2.05) is 36.4 Å². The van der Waals surface area contributed by atoms with Gasteiger partial charge in [0.15, 0.2) is 0 Å². The van der Waals surface area contributed by atoms with Crippen LogP contribution in [0.5, 0.6) is 0 Å². The Morgan fingerprint density at radius 2 is 1.12 bits per heavy atom. The average molecular weight is 353 g/mol. The summed E-state index contributed by atoms with van der Waals surface area (Å²) in [7, 11) is -3.50. The molecule has 0 saturated carbocycles. The normalized spacial score (nSPS) is 11.1. The highest BCUT2D eigenvalue weighted by atomic mass is 32.2. The maximum atomic E-state index is 12.0. The summed E-state index contributed by atoms with van der Waals surface area (Å²) < 4.78 is 26.8. The fraction of sp³-hybridized carbons (Fsp3) is 0. The van der Waals surface area contributed by atoms with E-state index < -0.39 is 10.0 Å². The molecule has 4 rings (SSSR count). The molecule has 126 valence electrons. The zero-order chi connectivity index (χ0) is 17.9. The fourth-order valence-electron chi connectivity index (χ4n) is 2.36. The first-order valence-corrected chi connectivity index (χ1v) is 9.00. The van der Waals surface area contributed by atoms with Crippen LogP contribution in [-0.2, 0) is 10.0 Å². The first-order chi connectivity index (χ1) is 12.0. The lowest BCUT2D eigenvalue weighted by atomic mass is 10.1. The minimum Gasteiger partial charge on any atom is -0.456 e. The Balaban J connectivity index is 0.000000160. The Morgan fingerprint density at radius 3 is 1.56 bits per heavy atom. The van der Waals surface area contributed by atoms with Crippen LogP contribution in [0.2, 0.25) is 0 Å². The zero-order valence-corrected chi connectivity index (χ0v) is 13.9. The summed E-state index contributed by atoms with van der Waals surface area (Å²) in [6.45, 7) is 0. The van der Waals surface area contributed by atoms with Crippen molar-refractivity contribution in [1.29, 1.82) is 0 Å². The molecule has 0 spiro atoms. The van der Waals surface area contributed by atoms with E-state index in [1.54, 1.807) is 30.3 Å². The molecule has 0 aliphatic carbocycles. The fourth-order valence-corrected chi connectivity index (χ4v) is 2.90. The summed E-state index contributed by atoms with van der Waals surface area (Å²) in [5.41, 5.74) is 1.31. The van der Waals surface area contributed by atoms with Crippen LogP contribution in [0.1, 0.15) is 0 Å². The molecule has 3 aromatic carbocycles. The van der Waals surface area contributed by atoms with Gasteiger partial charge in [-0.25, -0.2) is 13.6 Å². The van der Waals surface area contributed by atoms with Crippen molar-refractivity contribution in [2.24, 2.45) is 5.14 Å². The number of hydrogen-bond acceptors (Lipinski definition) is 4. The first kappa shape index (κ1) is 16.9. The first-order valence-electron chi connectivity index (χ1n) is 7.45. The quantitative estimate of drug-likeness (QED) is 0.532. The van der Waals surface area contributed by atoms with E-state index in [4.69, 9.17) is 9.56 Å². The monoisotopic (exact) mass is 353 g/mol. The molecule has 4 aromatic rings. The minimum absolute atomic E-state index is 0.0347. The summed E-state index contributed by atoms with van der Waals surface area (Å²) in [6, 6.07) is 22.5. The van der Waals surface area contributed by atoms with Gasteiger partial charge in [0.1, 0.15) is 11.2 Å². The third kappa shape index (κ3) is 3.76. The number of nitrogens with two attached hydrogens (primary N) is 1. The van der Waals surface area contributed by atoms with Gasteiger partial charge in [-0.2, -0.15) is 0 Å². The number of rotatable bonds is 1. The summed E-state index contributed by atoms with van der Waals surface area (Å²) >= 11 is 0. The molecular weight excluding hydrogens is 338 g/mol. The van der Waals surface area contributed by atoms with Crippen molar-refractivity contribution in [2.75, 3.05) is 0 Å². The van der Waals surface area contributed by atoms with Crippen molar-refractivity contribution in [2.45, 2.75) is 4.90 Å². The second kappa shape index (κ2) is 6.88. The minimum atomic E-state index is -3.50. The standard InChI is InChI=1S/C13H8O2.C6H7NO2S/c14-13-9-5-1-3-7-11(9)15-12-8-4-2-6-10(12)13;7-10(8,9)6-4-2-1-3-5-6/h1-8H;1-5H,(H2,7,8,9). The number of hydrogen-bond donors (Lipinski definition) is 1. The van der Waals surface area contributed by atoms with E-state index in [-0.39, 0.29) is 10.3 Å². The van der Waals surface area contributed by atoms with E-state index in [0.29, 0.717) is 21.9 Å². The predicted octanol–water partition coefficient (Wildman–Crippen LogP) is 3.28. The Morgan fingerprint density at radius 1 is 0.680 bits per heavy atom. The zero-order valence-electron chi connectivity index (χ0n) is 13.1. The van der Waals surface area contributed by atoms with Gasteiger partial charge in [0.2, 0.25) is 15.5 Å². The van der Waals surface area contributed by atoms with E-state index in [1.165, 1.54) is 12.1 Å². The third-order valence-electron chi connectivity index (χ3n) is 3.56. The number of para-hydroxylation sites is 2. The second-order valence-corrected chi connectivity index (χ2v) is 6.84.